The number of aromatic nitrogens is 1. The molecule has 0 bridgehead atoms. The standard InChI is InChI=1S/C13H15NO2/c1-4-14-12(15)8-9(2)10-6-5-7-11(16-3)13(10)14/h5-8H,4H2,1-3H3. The molecule has 3 heteroatoms. The van der Waals surface area contributed by atoms with Crippen molar-refractivity contribution in [1.82, 2.24) is 4.57 Å². The second-order valence-electron chi connectivity index (χ2n) is 3.77. The minimum Gasteiger partial charge on any atom is -0.495 e. The Morgan fingerprint density at radius 1 is 1.38 bits per heavy atom. The summed E-state index contributed by atoms with van der Waals surface area (Å²) in [6, 6.07) is 7.51. The van der Waals surface area contributed by atoms with Gasteiger partial charge >= 0.3 is 0 Å². The van der Waals surface area contributed by atoms with Crippen LogP contribution in [0.5, 0.6) is 5.75 Å². The van der Waals surface area contributed by atoms with E-state index in [1.807, 2.05) is 32.0 Å². The summed E-state index contributed by atoms with van der Waals surface area (Å²) in [5.74, 6) is 0.750. The predicted molar refractivity (Wildman–Crippen MR) is 65.2 cm³/mol. The molecule has 0 aliphatic carbocycles. The van der Waals surface area contributed by atoms with Gasteiger partial charge in [0.2, 0.25) is 0 Å². The zero-order chi connectivity index (χ0) is 11.7. The summed E-state index contributed by atoms with van der Waals surface area (Å²) in [6.07, 6.45) is 0. The predicted octanol–water partition coefficient (Wildman–Crippen LogP) is 2.34. The Bertz CT molecular complexity index is 584. The Hall–Kier alpha value is -1.77. The van der Waals surface area contributed by atoms with Gasteiger partial charge in [-0.25, -0.2) is 0 Å². The van der Waals surface area contributed by atoms with Crippen LogP contribution in [0.15, 0.2) is 29.1 Å². The number of methoxy groups -OCH3 is 1. The number of hydrogen-bond donors (Lipinski definition) is 0. The highest BCUT2D eigenvalue weighted by Crippen LogP contribution is 2.26. The van der Waals surface area contributed by atoms with Gasteiger partial charge in [0.05, 0.1) is 12.6 Å². The number of fused-ring (bicyclic) bond motifs is 1. The third kappa shape index (κ3) is 1.48. The average Bonchev–Trinajstić information content (AvgIpc) is 2.29. The van der Waals surface area contributed by atoms with Crippen LogP contribution in [-0.2, 0) is 6.54 Å². The molecule has 16 heavy (non-hydrogen) atoms. The summed E-state index contributed by atoms with van der Waals surface area (Å²) in [7, 11) is 1.63. The van der Waals surface area contributed by atoms with E-state index in [0.29, 0.717) is 6.54 Å². The first-order valence-corrected chi connectivity index (χ1v) is 5.36. The molecule has 1 heterocycles. The largest absolute Gasteiger partial charge is 0.495 e. The maximum Gasteiger partial charge on any atom is 0.251 e. The molecule has 84 valence electrons. The molecule has 0 aliphatic rings. The summed E-state index contributed by atoms with van der Waals surface area (Å²) in [5.41, 5.74) is 1.90. The first-order chi connectivity index (χ1) is 7.69. The molecule has 0 amide bonds. The van der Waals surface area contributed by atoms with Crippen molar-refractivity contribution in [3.63, 3.8) is 0 Å². The highest BCUT2D eigenvalue weighted by molar-refractivity contribution is 5.87. The fourth-order valence-electron chi connectivity index (χ4n) is 2.05. The van der Waals surface area contributed by atoms with Crippen LogP contribution < -0.4 is 10.3 Å². The van der Waals surface area contributed by atoms with E-state index >= 15 is 0 Å². The number of hydrogen-bond acceptors (Lipinski definition) is 2. The van der Waals surface area contributed by atoms with Crippen molar-refractivity contribution in [2.45, 2.75) is 20.4 Å². The minimum atomic E-state index is 0.0250. The maximum atomic E-state index is 11.9. The van der Waals surface area contributed by atoms with Gasteiger partial charge in [0.1, 0.15) is 5.75 Å². The lowest BCUT2D eigenvalue weighted by molar-refractivity contribution is 0.417. The van der Waals surface area contributed by atoms with Crippen molar-refractivity contribution in [1.29, 1.82) is 0 Å². The molecule has 0 unspecified atom stereocenters. The molecule has 1 aromatic carbocycles. The van der Waals surface area contributed by atoms with Gasteiger partial charge in [0, 0.05) is 18.0 Å². The van der Waals surface area contributed by atoms with Crippen molar-refractivity contribution in [2.75, 3.05) is 7.11 Å². The van der Waals surface area contributed by atoms with E-state index in [9.17, 15) is 4.79 Å². The van der Waals surface area contributed by atoms with Crippen molar-refractivity contribution >= 4 is 10.9 Å². The number of nitrogens with zero attached hydrogens (tertiary/aromatic N) is 1. The normalized spacial score (nSPS) is 10.7. The smallest absolute Gasteiger partial charge is 0.251 e. The van der Waals surface area contributed by atoms with Gasteiger partial charge < -0.3 is 9.30 Å². The monoisotopic (exact) mass is 217 g/mol. The molecule has 0 fully saturated rings. The average molecular weight is 217 g/mol. The summed E-state index contributed by atoms with van der Waals surface area (Å²) in [5, 5.41) is 1.07. The first kappa shape index (κ1) is 10.7. The molecule has 0 saturated heterocycles. The number of pyridine rings is 1. The summed E-state index contributed by atoms with van der Waals surface area (Å²) >= 11 is 0. The maximum absolute atomic E-state index is 11.9. The third-order valence-corrected chi connectivity index (χ3v) is 2.84. The van der Waals surface area contributed by atoms with E-state index in [1.165, 1.54) is 0 Å². The van der Waals surface area contributed by atoms with Gasteiger partial charge in [-0.3, -0.25) is 4.79 Å². The van der Waals surface area contributed by atoms with E-state index in [0.717, 1.165) is 22.2 Å². The first-order valence-electron chi connectivity index (χ1n) is 5.36. The van der Waals surface area contributed by atoms with Crippen LogP contribution in [0, 0.1) is 6.92 Å². The van der Waals surface area contributed by atoms with Gasteiger partial charge in [-0.1, -0.05) is 12.1 Å². The number of aryl methyl sites for hydroxylation is 2. The molecule has 0 spiro atoms. The molecule has 1 aromatic heterocycles. The van der Waals surface area contributed by atoms with Crippen LogP contribution in [0.25, 0.3) is 10.9 Å². The van der Waals surface area contributed by atoms with Crippen molar-refractivity contribution in [3.05, 3.63) is 40.2 Å². The number of rotatable bonds is 2. The fraction of sp³-hybridized carbons (Fsp3) is 0.308. The SMILES string of the molecule is CCn1c(=O)cc(C)c2cccc(OC)c21. The van der Waals surface area contributed by atoms with Crippen molar-refractivity contribution < 1.29 is 4.74 Å². The van der Waals surface area contributed by atoms with Crippen LogP contribution in [0.1, 0.15) is 12.5 Å². The number of ether oxygens (including phenoxy) is 1. The molecule has 0 N–H and O–H groups in total. The molecule has 2 rings (SSSR count). The molecule has 0 saturated carbocycles. The van der Waals surface area contributed by atoms with Crippen molar-refractivity contribution in [2.24, 2.45) is 0 Å². The Balaban J connectivity index is 3.00. The molecule has 0 aliphatic heterocycles. The van der Waals surface area contributed by atoms with Crippen LogP contribution >= 0.6 is 0 Å². The van der Waals surface area contributed by atoms with E-state index < -0.39 is 0 Å². The van der Waals surface area contributed by atoms with E-state index in [2.05, 4.69) is 0 Å². The molecule has 0 atom stereocenters. The fourth-order valence-corrected chi connectivity index (χ4v) is 2.05. The summed E-state index contributed by atoms with van der Waals surface area (Å²) in [6.45, 7) is 4.56. The Morgan fingerprint density at radius 2 is 2.12 bits per heavy atom. The summed E-state index contributed by atoms with van der Waals surface area (Å²) < 4.78 is 7.06. The van der Waals surface area contributed by atoms with Crippen LogP contribution in [0.3, 0.4) is 0 Å². The lowest BCUT2D eigenvalue weighted by atomic mass is 10.1. The quantitative estimate of drug-likeness (QED) is 0.773. The van der Waals surface area contributed by atoms with Gasteiger partial charge in [-0.2, -0.15) is 0 Å². The summed E-state index contributed by atoms with van der Waals surface area (Å²) in [4.78, 5) is 11.9. The number of para-hydroxylation sites is 1. The minimum absolute atomic E-state index is 0.0250. The van der Waals surface area contributed by atoms with E-state index in [1.54, 1.807) is 17.7 Å². The number of benzene rings is 1. The lowest BCUT2D eigenvalue weighted by Gasteiger charge is -2.13. The van der Waals surface area contributed by atoms with Crippen molar-refractivity contribution in [3.8, 4) is 5.75 Å². The van der Waals surface area contributed by atoms with E-state index in [4.69, 9.17) is 4.74 Å². The molecule has 3 nitrogen and oxygen atoms in total. The third-order valence-electron chi connectivity index (χ3n) is 2.84. The van der Waals surface area contributed by atoms with E-state index in [-0.39, 0.29) is 5.56 Å². The van der Waals surface area contributed by atoms with Crippen LogP contribution in [0.4, 0.5) is 0 Å². The second kappa shape index (κ2) is 4.00. The molecular weight excluding hydrogens is 202 g/mol. The second-order valence-corrected chi connectivity index (χ2v) is 3.77. The Labute approximate surface area is 94.3 Å². The Kier molecular flexibility index (Phi) is 2.69. The lowest BCUT2D eigenvalue weighted by Crippen LogP contribution is -2.19. The van der Waals surface area contributed by atoms with Gasteiger partial charge in [0.15, 0.2) is 0 Å². The zero-order valence-electron chi connectivity index (χ0n) is 9.78. The zero-order valence-corrected chi connectivity index (χ0v) is 9.78. The molecular formula is C13H15NO2. The molecule has 0 radical (unpaired) electrons. The van der Waals surface area contributed by atoms with Gasteiger partial charge in [0.25, 0.3) is 5.56 Å². The van der Waals surface area contributed by atoms with Crippen LogP contribution in [0.2, 0.25) is 0 Å². The highest BCUT2D eigenvalue weighted by Gasteiger charge is 2.09. The van der Waals surface area contributed by atoms with Gasteiger partial charge in [-0.05, 0) is 25.5 Å². The topological polar surface area (TPSA) is 31.2 Å². The molecule has 2 aromatic rings. The highest BCUT2D eigenvalue weighted by atomic mass is 16.5. The van der Waals surface area contributed by atoms with Gasteiger partial charge in [-0.15, -0.1) is 0 Å². The Morgan fingerprint density at radius 3 is 2.75 bits per heavy atom. The van der Waals surface area contributed by atoms with Crippen LogP contribution in [-0.4, -0.2) is 11.7 Å².